The quantitative estimate of drug-likeness (QED) is 0.678. The highest BCUT2D eigenvalue weighted by atomic mass is 32.1. The van der Waals surface area contributed by atoms with E-state index >= 15 is 0 Å². The van der Waals surface area contributed by atoms with E-state index in [4.69, 9.17) is 5.11 Å². The summed E-state index contributed by atoms with van der Waals surface area (Å²) in [4.78, 5) is 11.1. The Labute approximate surface area is 73.8 Å². The van der Waals surface area contributed by atoms with Gasteiger partial charge >= 0.3 is 0 Å². The molecule has 0 bridgehead atoms. The Balaban J connectivity index is 2.40. The minimum Gasteiger partial charge on any atom is -0.392 e. The largest absolute Gasteiger partial charge is 0.392 e. The van der Waals surface area contributed by atoms with E-state index in [1.54, 1.807) is 6.92 Å². The second-order valence-corrected chi connectivity index (χ2v) is 2.91. The maximum absolute atomic E-state index is 11.1. The topological polar surface area (TPSA) is 75.1 Å². The summed E-state index contributed by atoms with van der Waals surface area (Å²) in [6.45, 7) is 1.83. The molecule has 0 aliphatic rings. The molecule has 0 fully saturated rings. The van der Waals surface area contributed by atoms with Gasteiger partial charge in [0, 0.05) is 6.54 Å². The Bertz CT molecular complexity index is 247. The molecule has 6 heteroatoms. The van der Waals surface area contributed by atoms with Gasteiger partial charge in [0.05, 0.1) is 24.0 Å². The van der Waals surface area contributed by atoms with E-state index in [1.165, 1.54) is 6.20 Å². The zero-order chi connectivity index (χ0) is 8.97. The Hall–Kier alpha value is -1.01. The van der Waals surface area contributed by atoms with Gasteiger partial charge in [0.15, 0.2) is 5.69 Å². The van der Waals surface area contributed by atoms with Crippen molar-refractivity contribution in [2.24, 2.45) is 0 Å². The summed E-state index contributed by atoms with van der Waals surface area (Å²) >= 11 is 0.979. The van der Waals surface area contributed by atoms with Crippen molar-refractivity contribution in [3.8, 4) is 0 Å². The predicted molar refractivity (Wildman–Crippen MR) is 43.9 cm³/mol. The molecule has 0 aliphatic carbocycles. The van der Waals surface area contributed by atoms with E-state index in [9.17, 15) is 4.79 Å². The maximum atomic E-state index is 11.1. The Kier molecular flexibility index (Phi) is 3.12. The van der Waals surface area contributed by atoms with Crippen LogP contribution in [-0.4, -0.2) is 32.4 Å². The monoisotopic (exact) mass is 187 g/mol. The predicted octanol–water partition coefficient (Wildman–Crippen LogP) is -0.351. The van der Waals surface area contributed by atoms with Crippen LogP contribution < -0.4 is 5.32 Å². The summed E-state index contributed by atoms with van der Waals surface area (Å²) in [7, 11) is 0. The lowest BCUT2D eigenvalue weighted by Crippen LogP contribution is -2.30. The van der Waals surface area contributed by atoms with Gasteiger partial charge in [0.2, 0.25) is 0 Å². The van der Waals surface area contributed by atoms with Crippen molar-refractivity contribution in [3.05, 3.63) is 11.9 Å². The first kappa shape index (κ1) is 9.08. The highest BCUT2D eigenvalue weighted by Gasteiger charge is 2.08. The number of carbonyl (C=O) groups excluding carboxylic acids is 1. The van der Waals surface area contributed by atoms with Gasteiger partial charge in [-0.15, -0.1) is 0 Å². The van der Waals surface area contributed by atoms with Crippen LogP contribution in [0.3, 0.4) is 0 Å². The number of rotatable bonds is 3. The van der Waals surface area contributed by atoms with E-state index in [0.29, 0.717) is 5.69 Å². The molecular formula is C6H9N3O2S. The normalized spacial score (nSPS) is 12.5. The van der Waals surface area contributed by atoms with E-state index in [1.807, 2.05) is 0 Å². The average molecular weight is 187 g/mol. The summed E-state index contributed by atoms with van der Waals surface area (Å²) in [5.74, 6) is -0.301. The molecule has 1 amide bonds. The van der Waals surface area contributed by atoms with E-state index < -0.39 is 6.10 Å². The van der Waals surface area contributed by atoms with Crippen LogP contribution in [0, 0.1) is 0 Å². The Morgan fingerprint density at radius 3 is 3.17 bits per heavy atom. The third-order valence-electron chi connectivity index (χ3n) is 1.15. The molecule has 1 rings (SSSR count). The minimum absolute atomic E-state index is 0.232. The molecule has 1 unspecified atom stereocenters. The Morgan fingerprint density at radius 1 is 1.92 bits per heavy atom. The second kappa shape index (κ2) is 4.13. The molecule has 1 aromatic rings. The molecule has 0 saturated heterocycles. The van der Waals surface area contributed by atoms with Gasteiger partial charge < -0.3 is 10.4 Å². The lowest BCUT2D eigenvalue weighted by Gasteiger charge is -2.03. The van der Waals surface area contributed by atoms with Crippen LogP contribution in [0.4, 0.5) is 0 Å². The minimum atomic E-state index is -0.541. The number of hydrogen-bond donors (Lipinski definition) is 2. The number of nitrogens with zero attached hydrogens (tertiary/aromatic N) is 2. The molecule has 0 spiro atoms. The summed E-state index contributed by atoms with van der Waals surface area (Å²) in [5, 5.41) is 11.4. The van der Waals surface area contributed by atoms with Crippen LogP contribution >= 0.6 is 11.7 Å². The maximum Gasteiger partial charge on any atom is 0.272 e. The van der Waals surface area contributed by atoms with Gasteiger partial charge in [-0.1, -0.05) is 0 Å². The van der Waals surface area contributed by atoms with Crippen LogP contribution in [0.5, 0.6) is 0 Å². The number of hydrogen-bond acceptors (Lipinski definition) is 5. The second-order valence-electron chi connectivity index (χ2n) is 2.35. The zero-order valence-electron chi connectivity index (χ0n) is 6.52. The molecule has 1 atom stereocenters. The molecule has 12 heavy (non-hydrogen) atoms. The van der Waals surface area contributed by atoms with Gasteiger partial charge in [-0.2, -0.15) is 8.75 Å². The molecule has 0 saturated carbocycles. The van der Waals surface area contributed by atoms with Crippen molar-refractivity contribution >= 4 is 17.6 Å². The summed E-state index contributed by atoms with van der Waals surface area (Å²) < 4.78 is 7.41. The molecule has 1 aromatic heterocycles. The van der Waals surface area contributed by atoms with Crippen molar-refractivity contribution in [1.82, 2.24) is 14.1 Å². The molecule has 0 aromatic carbocycles. The summed E-state index contributed by atoms with van der Waals surface area (Å²) in [6.07, 6.45) is 0.850. The van der Waals surface area contributed by atoms with Crippen molar-refractivity contribution in [1.29, 1.82) is 0 Å². The molecular weight excluding hydrogens is 178 g/mol. The van der Waals surface area contributed by atoms with Crippen LogP contribution in [-0.2, 0) is 0 Å². The fourth-order valence-electron chi connectivity index (χ4n) is 0.596. The number of amides is 1. The van der Waals surface area contributed by atoms with Gasteiger partial charge in [0.25, 0.3) is 5.91 Å². The van der Waals surface area contributed by atoms with Gasteiger partial charge in [-0.05, 0) is 6.92 Å². The van der Waals surface area contributed by atoms with E-state index in [0.717, 1.165) is 11.7 Å². The van der Waals surface area contributed by atoms with Crippen molar-refractivity contribution in [2.45, 2.75) is 13.0 Å². The van der Waals surface area contributed by atoms with Crippen molar-refractivity contribution in [2.75, 3.05) is 6.54 Å². The lowest BCUT2D eigenvalue weighted by molar-refractivity contribution is 0.0920. The molecule has 0 aliphatic heterocycles. The highest BCUT2D eigenvalue weighted by Crippen LogP contribution is 1.94. The first-order valence-electron chi connectivity index (χ1n) is 3.44. The first-order chi connectivity index (χ1) is 5.70. The molecule has 66 valence electrons. The Morgan fingerprint density at radius 2 is 2.67 bits per heavy atom. The number of carbonyl (C=O) groups is 1. The number of nitrogens with one attached hydrogen (secondary N) is 1. The number of aromatic nitrogens is 2. The summed E-state index contributed by atoms with van der Waals surface area (Å²) in [6, 6.07) is 0. The first-order valence-corrected chi connectivity index (χ1v) is 4.17. The SMILES string of the molecule is CC(O)CNC(=O)c1cnsn1. The fraction of sp³-hybridized carbons (Fsp3) is 0.500. The highest BCUT2D eigenvalue weighted by molar-refractivity contribution is 6.99. The number of aliphatic hydroxyl groups is 1. The third-order valence-corrected chi connectivity index (χ3v) is 1.63. The standard InChI is InChI=1S/C6H9N3O2S/c1-4(10)2-7-6(11)5-3-8-12-9-5/h3-4,10H,2H2,1H3,(H,7,11). The van der Waals surface area contributed by atoms with Crippen LogP contribution in [0.25, 0.3) is 0 Å². The van der Waals surface area contributed by atoms with E-state index in [2.05, 4.69) is 14.1 Å². The lowest BCUT2D eigenvalue weighted by atomic mass is 10.4. The van der Waals surface area contributed by atoms with Gasteiger partial charge in [0.1, 0.15) is 0 Å². The molecule has 0 radical (unpaired) electrons. The fourth-order valence-corrected chi connectivity index (χ4v) is 1.01. The van der Waals surface area contributed by atoms with Gasteiger partial charge in [-0.3, -0.25) is 4.79 Å². The van der Waals surface area contributed by atoms with Crippen LogP contribution in [0.15, 0.2) is 6.20 Å². The van der Waals surface area contributed by atoms with Crippen LogP contribution in [0.1, 0.15) is 17.4 Å². The average Bonchev–Trinajstić information content (AvgIpc) is 2.51. The summed E-state index contributed by atoms with van der Waals surface area (Å²) in [5.41, 5.74) is 0.292. The smallest absolute Gasteiger partial charge is 0.272 e. The number of aliphatic hydroxyl groups excluding tert-OH is 1. The van der Waals surface area contributed by atoms with Crippen molar-refractivity contribution < 1.29 is 9.90 Å². The molecule has 2 N–H and O–H groups in total. The van der Waals surface area contributed by atoms with Gasteiger partial charge in [-0.25, -0.2) is 0 Å². The van der Waals surface area contributed by atoms with Crippen molar-refractivity contribution in [3.63, 3.8) is 0 Å². The third kappa shape index (κ3) is 2.55. The van der Waals surface area contributed by atoms with Crippen LogP contribution in [0.2, 0.25) is 0 Å². The van der Waals surface area contributed by atoms with E-state index in [-0.39, 0.29) is 12.5 Å². The zero-order valence-corrected chi connectivity index (χ0v) is 7.34. The molecule has 1 heterocycles. The molecule has 5 nitrogen and oxygen atoms in total.